The van der Waals surface area contributed by atoms with Crippen molar-refractivity contribution in [1.29, 1.82) is 0 Å². The molecule has 0 spiro atoms. The van der Waals surface area contributed by atoms with Crippen LogP contribution in [-0.2, 0) is 11.3 Å². The molecule has 2 aromatic carbocycles. The molecule has 2 heterocycles. The van der Waals surface area contributed by atoms with Gasteiger partial charge in [0.1, 0.15) is 6.54 Å². The Labute approximate surface area is 168 Å². The fourth-order valence-electron chi connectivity index (χ4n) is 3.35. The van der Waals surface area contributed by atoms with Crippen LogP contribution in [0.3, 0.4) is 0 Å². The molecular formula is C22H23N5O2. The van der Waals surface area contributed by atoms with E-state index < -0.39 is 0 Å². The normalized spacial score (nSPS) is 11.1. The van der Waals surface area contributed by atoms with Gasteiger partial charge in [0.05, 0.1) is 5.52 Å². The zero-order valence-corrected chi connectivity index (χ0v) is 16.8. The molecular weight excluding hydrogens is 366 g/mol. The lowest BCUT2D eigenvalue weighted by atomic mass is 10.1. The Hall–Kier alpha value is -3.48. The van der Waals surface area contributed by atoms with Crippen molar-refractivity contribution in [3.8, 4) is 23.0 Å². The summed E-state index contributed by atoms with van der Waals surface area (Å²) in [5.74, 6) is 0.879. The standard InChI is InChI=1S/C22H23N5O2/c1-4-26(5-2)19(28)14-27-18-9-7-6-8-17(18)20(24-27)22-23-21(25-29-22)16-12-10-15(3)11-13-16/h6-13H,4-5,14H2,1-3H3. The zero-order valence-electron chi connectivity index (χ0n) is 16.8. The number of benzene rings is 2. The molecule has 0 N–H and O–H groups in total. The second kappa shape index (κ2) is 7.87. The van der Waals surface area contributed by atoms with E-state index >= 15 is 0 Å². The molecule has 0 radical (unpaired) electrons. The van der Waals surface area contributed by atoms with Gasteiger partial charge >= 0.3 is 0 Å². The second-order valence-corrected chi connectivity index (χ2v) is 6.88. The number of hydrogen-bond acceptors (Lipinski definition) is 5. The number of para-hydroxylation sites is 1. The Morgan fingerprint density at radius 1 is 1.07 bits per heavy atom. The molecule has 0 unspecified atom stereocenters. The highest BCUT2D eigenvalue weighted by atomic mass is 16.5. The highest BCUT2D eigenvalue weighted by Gasteiger charge is 2.20. The van der Waals surface area contributed by atoms with Crippen LogP contribution in [0.4, 0.5) is 0 Å². The maximum atomic E-state index is 12.6. The van der Waals surface area contributed by atoms with Gasteiger partial charge in [0.25, 0.3) is 5.89 Å². The summed E-state index contributed by atoms with van der Waals surface area (Å²) in [6, 6.07) is 15.7. The molecule has 0 aliphatic carbocycles. The van der Waals surface area contributed by atoms with Gasteiger partial charge in [-0.1, -0.05) is 53.2 Å². The van der Waals surface area contributed by atoms with Gasteiger partial charge in [0, 0.05) is 24.0 Å². The van der Waals surface area contributed by atoms with Crippen LogP contribution in [0.25, 0.3) is 33.9 Å². The molecule has 7 heteroatoms. The number of nitrogens with zero attached hydrogens (tertiary/aromatic N) is 5. The molecule has 0 saturated heterocycles. The molecule has 0 bridgehead atoms. The van der Waals surface area contributed by atoms with Crippen molar-refractivity contribution in [3.05, 3.63) is 54.1 Å². The van der Waals surface area contributed by atoms with Gasteiger partial charge in [0.2, 0.25) is 11.7 Å². The molecule has 0 fully saturated rings. The van der Waals surface area contributed by atoms with Gasteiger partial charge in [-0.25, -0.2) is 0 Å². The first-order valence-electron chi connectivity index (χ1n) is 9.75. The minimum absolute atomic E-state index is 0.0284. The van der Waals surface area contributed by atoms with Crippen LogP contribution in [0.2, 0.25) is 0 Å². The van der Waals surface area contributed by atoms with Crippen molar-refractivity contribution in [2.75, 3.05) is 13.1 Å². The predicted octanol–water partition coefficient (Wildman–Crippen LogP) is 3.93. The Morgan fingerprint density at radius 2 is 1.79 bits per heavy atom. The summed E-state index contributed by atoms with van der Waals surface area (Å²) in [7, 11) is 0. The van der Waals surface area contributed by atoms with Crippen molar-refractivity contribution < 1.29 is 9.32 Å². The van der Waals surface area contributed by atoms with Gasteiger partial charge < -0.3 is 9.42 Å². The molecule has 2 aromatic heterocycles. The quantitative estimate of drug-likeness (QED) is 0.499. The van der Waals surface area contributed by atoms with Crippen molar-refractivity contribution in [2.24, 2.45) is 0 Å². The molecule has 7 nitrogen and oxygen atoms in total. The average Bonchev–Trinajstić information content (AvgIpc) is 3.35. The van der Waals surface area contributed by atoms with E-state index in [2.05, 4.69) is 15.2 Å². The Balaban J connectivity index is 1.72. The van der Waals surface area contributed by atoms with Crippen LogP contribution in [0.1, 0.15) is 19.4 Å². The van der Waals surface area contributed by atoms with E-state index in [1.807, 2.05) is 69.3 Å². The van der Waals surface area contributed by atoms with E-state index in [4.69, 9.17) is 4.52 Å². The SMILES string of the molecule is CCN(CC)C(=O)Cn1nc(-c2nc(-c3ccc(C)cc3)no2)c2ccccc21. The number of likely N-dealkylation sites (N-methyl/N-ethyl adjacent to an activating group) is 1. The molecule has 0 atom stereocenters. The second-order valence-electron chi connectivity index (χ2n) is 6.88. The van der Waals surface area contributed by atoms with Crippen molar-refractivity contribution in [3.63, 3.8) is 0 Å². The maximum absolute atomic E-state index is 12.6. The third-order valence-electron chi connectivity index (χ3n) is 5.00. The minimum atomic E-state index is 0.0284. The van der Waals surface area contributed by atoms with E-state index in [0.717, 1.165) is 16.5 Å². The number of fused-ring (bicyclic) bond motifs is 1. The molecule has 29 heavy (non-hydrogen) atoms. The summed E-state index contributed by atoms with van der Waals surface area (Å²) < 4.78 is 7.23. The zero-order chi connectivity index (χ0) is 20.4. The number of aryl methyl sites for hydroxylation is 1. The smallest absolute Gasteiger partial charge is 0.279 e. The molecule has 4 aromatic rings. The third-order valence-corrected chi connectivity index (χ3v) is 5.00. The Morgan fingerprint density at radius 3 is 2.52 bits per heavy atom. The monoisotopic (exact) mass is 389 g/mol. The van der Waals surface area contributed by atoms with Crippen molar-refractivity contribution in [1.82, 2.24) is 24.8 Å². The third kappa shape index (κ3) is 3.63. The van der Waals surface area contributed by atoms with Gasteiger partial charge in [-0.15, -0.1) is 0 Å². The first-order valence-corrected chi connectivity index (χ1v) is 9.75. The first kappa shape index (κ1) is 18.9. The number of carbonyl (C=O) groups is 1. The number of carbonyl (C=O) groups excluding carboxylic acids is 1. The lowest BCUT2D eigenvalue weighted by Gasteiger charge is -2.18. The maximum Gasteiger partial charge on any atom is 0.279 e. The molecule has 1 amide bonds. The fraction of sp³-hybridized carbons (Fsp3) is 0.273. The van der Waals surface area contributed by atoms with Gasteiger partial charge in [-0.2, -0.15) is 10.1 Å². The van der Waals surface area contributed by atoms with Gasteiger partial charge in [0.15, 0.2) is 5.69 Å². The number of aromatic nitrogens is 4. The van der Waals surface area contributed by atoms with Crippen molar-refractivity contribution >= 4 is 16.8 Å². The fourth-order valence-corrected chi connectivity index (χ4v) is 3.35. The van der Waals surface area contributed by atoms with E-state index in [1.54, 1.807) is 9.58 Å². The topological polar surface area (TPSA) is 77.1 Å². The van der Waals surface area contributed by atoms with Crippen LogP contribution in [0.5, 0.6) is 0 Å². The molecule has 0 aliphatic rings. The average molecular weight is 389 g/mol. The summed E-state index contributed by atoms with van der Waals surface area (Å²) in [4.78, 5) is 18.9. The Bertz CT molecular complexity index is 1140. The van der Waals surface area contributed by atoms with E-state index in [0.29, 0.717) is 30.5 Å². The molecule has 148 valence electrons. The lowest BCUT2D eigenvalue weighted by molar-refractivity contribution is -0.131. The predicted molar refractivity (Wildman–Crippen MR) is 111 cm³/mol. The first-order chi connectivity index (χ1) is 14.1. The summed E-state index contributed by atoms with van der Waals surface area (Å²) in [5, 5.41) is 9.63. The number of hydrogen-bond donors (Lipinski definition) is 0. The van der Waals surface area contributed by atoms with Crippen LogP contribution in [0.15, 0.2) is 53.1 Å². The van der Waals surface area contributed by atoms with E-state index in [9.17, 15) is 4.79 Å². The summed E-state index contributed by atoms with van der Waals surface area (Å²) in [6.45, 7) is 7.49. The van der Waals surface area contributed by atoms with Crippen LogP contribution >= 0.6 is 0 Å². The number of rotatable bonds is 6. The van der Waals surface area contributed by atoms with Gasteiger partial charge in [-0.05, 0) is 26.8 Å². The molecule has 4 rings (SSSR count). The van der Waals surface area contributed by atoms with Crippen LogP contribution in [0, 0.1) is 6.92 Å². The molecule has 0 saturated carbocycles. The molecule has 0 aliphatic heterocycles. The summed E-state index contributed by atoms with van der Waals surface area (Å²) in [6.07, 6.45) is 0. The highest BCUT2D eigenvalue weighted by Crippen LogP contribution is 2.28. The largest absolute Gasteiger partial charge is 0.342 e. The summed E-state index contributed by atoms with van der Waals surface area (Å²) >= 11 is 0. The van der Waals surface area contributed by atoms with E-state index in [-0.39, 0.29) is 12.5 Å². The minimum Gasteiger partial charge on any atom is -0.342 e. The van der Waals surface area contributed by atoms with E-state index in [1.165, 1.54) is 5.56 Å². The summed E-state index contributed by atoms with van der Waals surface area (Å²) in [5.41, 5.74) is 3.49. The number of amides is 1. The van der Waals surface area contributed by atoms with Crippen molar-refractivity contribution in [2.45, 2.75) is 27.3 Å². The Kier molecular flexibility index (Phi) is 5.12. The highest BCUT2D eigenvalue weighted by molar-refractivity contribution is 5.92. The van der Waals surface area contributed by atoms with Gasteiger partial charge in [-0.3, -0.25) is 9.48 Å². The van der Waals surface area contributed by atoms with Crippen LogP contribution in [-0.4, -0.2) is 43.8 Å². The van der Waals surface area contributed by atoms with Crippen LogP contribution < -0.4 is 0 Å². The lowest BCUT2D eigenvalue weighted by Crippen LogP contribution is -2.33.